The average Bonchev–Trinajstić information content (AvgIpc) is 3.07. The number of ketones is 2. The molecule has 0 spiro atoms. The van der Waals surface area contributed by atoms with E-state index in [0.29, 0.717) is 33.8 Å². The maximum absolute atomic E-state index is 15.2. The number of halogens is 1. The molecule has 49 heavy (non-hydrogen) atoms. The normalized spacial score (nSPS) is 18.0. The first kappa shape index (κ1) is 37.1. The third-order valence-electron chi connectivity index (χ3n) is 9.04. The molecule has 0 aliphatic carbocycles. The fourth-order valence-corrected chi connectivity index (χ4v) is 6.44. The summed E-state index contributed by atoms with van der Waals surface area (Å²) in [5.41, 5.74) is -0.0709. The number of alkyl carbamates (subject to hydrolysis) is 1. The van der Waals surface area contributed by atoms with E-state index in [0.717, 1.165) is 0 Å². The molecular formula is C39H47FN2O7. The Morgan fingerprint density at radius 1 is 0.816 bits per heavy atom. The Morgan fingerprint density at radius 3 is 1.82 bits per heavy atom. The van der Waals surface area contributed by atoms with Crippen LogP contribution < -0.4 is 14.8 Å². The first-order valence-corrected chi connectivity index (χ1v) is 16.4. The predicted octanol–water partition coefficient (Wildman–Crippen LogP) is 7.02. The van der Waals surface area contributed by atoms with E-state index < -0.39 is 40.7 Å². The van der Waals surface area contributed by atoms with Crippen LogP contribution in [0.25, 0.3) is 0 Å². The van der Waals surface area contributed by atoms with Crippen molar-refractivity contribution in [1.29, 1.82) is 0 Å². The minimum atomic E-state index is -0.982. The number of hydrogen-bond acceptors (Lipinski definition) is 7. The van der Waals surface area contributed by atoms with Gasteiger partial charge >= 0.3 is 6.09 Å². The van der Waals surface area contributed by atoms with Gasteiger partial charge in [-0.3, -0.25) is 14.4 Å². The second-order valence-corrected chi connectivity index (χ2v) is 14.2. The van der Waals surface area contributed by atoms with Crippen molar-refractivity contribution in [3.63, 3.8) is 0 Å². The highest BCUT2D eigenvalue weighted by Gasteiger charge is 2.48. The molecule has 1 saturated heterocycles. The molecule has 262 valence electrons. The van der Waals surface area contributed by atoms with Gasteiger partial charge in [0.05, 0.1) is 14.2 Å². The van der Waals surface area contributed by atoms with E-state index >= 15 is 4.39 Å². The standard InChI is InChI=1S/C39H47FN2O7/c1-24-29(16-11-17-32(24)40)33-30(34(43)25-12-9-14-27(20-25)47-7)22-42(23-31(33)35(44)26-13-10-15-28(21-26)48-8)36(45)39(5,6)18-19-41-37(46)49-38(2,3)4/h9-17,20-21,30-31,33H,18-19,22-23H2,1-8H3,(H,41,46)/t30-,31+,33?. The molecule has 2 amide bonds. The molecule has 4 rings (SSSR count). The first-order valence-electron chi connectivity index (χ1n) is 16.4. The van der Waals surface area contributed by atoms with E-state index in [1.54, 1.807) is 107 Å². The average molecular weight is 675 g/mol. The van der Waals surface area contributed by atoms with E-state index in [4.69, 9.17) is 14.2 Å². The summed E-state index contributed by atoms with van der Waals surface area (Å²) in [4.78, 5) is 57.3. The molecule has 3 aromatic rings. The van der Waals surface area contributed by atoms with Crippen molar-refractivity contribution >= 4 is 23.6 Å². The van der Waals surface area contributed by atoms with Crippen LogP contribution in [0.3, 0.4) is 0 Å². The zero-order chi connectivity index (χ0) is 36.1. The molecule has 9 nitrogen and oxygen atoms in total. The summed E-state index contributed by atoms with van der Waals surface area (Å²) >= 11 is 0. The van der Waals surface area contributed by atoms with Crippen molar-refractivity contribution in [3.8, 4) is 11.5 Å². The molecule has 1 unspecified atom stereocenters. The highest BCUT2D eigenvalue weighted by molar-refractivity contribution is 6.03. The number of ether oxygens (including phenoxy) is 3. The molecule has 1 aliphatic rings. The van der Waals surface area contributed by atoms with Crippen LogP contribution in [0.1, 0.15) is 78.8 Å². The second-order valence-electron chi connectivity index (χ2n) is 14.2. The molecule has 1 aliphatic heterocycles. The van der Waals surface area contributed by atoms with E-state index in [9.17, 15) is 19.2 Å². The van der Waals surface area contributed by atoms with E-state index in [1.807, 2.05) is 0 Å². The highest BCUT2D eigenvalue weighted by atomic mass is 19.1. The van der Waals surface area contributed by atoms with Crippen molar-refractivity contribution in [1.82, 2.24) is 10.2 Å². The lowest BCUT2D eigenvalue weighted by Gasteiger charge is -2.45. The summed E-state index contributed by atoms with van der Waals surface area (Å²) in [6, 6.07) is 18.2. The maximum Gasteiger partial charge on any atom is 0.407 e. The fourth-order valence-electron chi connectivity index (χ4n) is 6.44. The number of rotatable bonds is 11. The van der Waals surface area contributed by atoms with Crippen LogP contribution in [0.15, 0.2) is 66.7 Å². The van der Waals surface area contributed by atoms with Gasteiger partial charge in [-0.05, 0) is 75.6 Å². The van der Waals surface area contributed by atoms with Crippen LogP contribution in [0.2, 0.25) is 0 Å². The van der Waals surface area contributed by atoms with Crippen molar-refractivity contribution in [2.45, 2.75) is 59.5 Å². The smallest absolute Gasteiger partial charge is 0.407 e. The van der Waals surface area contributed by atoms with E-state index in [2.05, 4.69) is 5.32 Å². The largest absolute Gasteiger partial charge is 0.497 e. The Morgan fingerprint density at radius 2 is 1.33 bits per heavy atom. The monoisotopic (exact) mass is 674 g/mol. The number of carbonyl (C=O) groups is 4. The molecule has 3 atom stereocenters. The predicted molar refractivity (Wildman–Crippen MR) is 185 cm³/mol. The topological polar surface area (TPSA) is 111 Å². The van der Waals surface area contributed by atoms with Crippen LogP contribution in [0.4, 0.5) is 9.18 Å². The van der Waals surface area contributed by atoms with Crippen molar-refractivity contribution in [2.75, 3.05) is 33.9 Å². The van der Waals surface area contributed by atoms with Gasteiger partial charge in [0.1, 0.15) is 22.9 Å². The summed E-state index contributed by atoms with van der Waals surface area (Å²) in [7, 11) is 3.01. The van der Waals surface area contributed by atoms with Gasteiger partial charge in [-0.25, -0.2) is 9.18 Å². The first-order chi connectivity index (χ1) is 23.1. The third-order valence-corrected chi connectivity index (χ3v) is 9.04. The van der Waals surface area contributed by atoms with Crippen molar-refractivity contribution in [2.24, 2.45) is 17.3 Å². The molecule has 1 heterocycles. The summed E-state index contributed by atoms with van der Waals surface area (Å²) < 4.78 is 31.3. The fraction of sp³-hybridized carbons (Fsp3) is 0.436. The summed E-state index contributed by atoms with van der Waals surface area (Å²) in [5, 5.41) is 2.71. The van der Waals surface area contributed by atoms with Gasteiger partial charge in [-0.1, -0.05) is 50.2 Å². The Hall–Kier alpha value is -4.73. The SMILES string of the molecule is COc1cccc(C(=O)[C@H]2CN(C(=O)C(C)(C)CCNC(=O)OC(C)(C)C)C[C@@H](C(=O)c3cccc(OC)c3)C2c2cccc(F)c2C)c1. The van der Waals surface area contributed by atoms with Gasteiger partial charge in [0, 0.05) is 53.9 Å². The van der Waals surface area contributed by atoms with Crippen LogP contribution in [-0.4, -0.2) is 67.9 Å². The molecular weight excluding hydrogens is 627 g/mol. The molecule has 1 fully saturated rings. The Balaban J connectivity index is 1.78. The van der Waals surface area contributed by atoms with Gasteiger partial charge in [0.25, 0.3) is 0 Å². The van der Waals surface area contributed by atoms with E-state index in [1.165, 1.54) is 20.3 Å². The molecule has 3 aromatic carbocycles. The number of hydrogen-bond donors (Lipinski definition) is 1. The number of likely N-dealkylation sites (tertiary alicyclic amines) is 1. The van der Waals surface area contributed by atoms with Gasteiger partial charge in [-0.2, -0.15) is 0 Å². The summed E-state index contributed by atoms with van der Waals surface area (Å²) in [6.07, 6.45) is -0.313. The Bertz CT molecular complexity index is 1630. The van der Waals surface area contributed by atoms with Crippen LogP contribution >= 0.6 is 0 Å². The number of nitrogens with one attached hydrogen (secondary N) is 1. The molecule has 0 saturated carbocycles. The van der Waals surface area contributed by atoms with Crippen LogP contribution in [-0.2, 0) is 9.53 Å². The van der Waals surface area contributed by atoms with Gasteiger partial charge in [0.2, 0.25) is 5.91 Å². The lowest BCUT2D eigenvalue weighted by atomic mass is 9.67. The maximum atomic E-state index is 15.2. The van der Waals surface area contributed by atoms with Gasteiger partial charge < -0.3 is 24.4 Å². The molecule has 0 radical (unpaired) electrons. The Labute approximate surface area is 288 Å². The summed E-state index contributed by atoms with van der Waals surface area (Å²) in [6.45, 7) is 10.7. The Kier molecular flexibility index (Phi) is 11.5. The molecule has 0 aromatic heterocycles. The number of piperidine rings is 1. The van der Waals surface area contributed by atoms with Crippen LogP contribution in [0, 0.1) is 30.0 Å². The minimum absolute atomic E-state index is 0.000309. The van der Waals surface area contributed by atoms with Crippen molar-refractivity contribution in [3.05, 3.63) is 94.8 Å². The number of methoxy groups -OCH3 is 2. The third kappa shape index (κ3) is 8.85. The number of Topliss-reactive ketones (excluding diaryl/α,β-unsaturated/α-hetero) is 2. The van der Waals surface area contributed by atoms with Crippen LogP contribution in [0.5, 0.6) is 11.5 Å². The molecule has 0 bridgehead atoms. The zero-order valence-electron chi connectivity index (χ0n) is 29.6. The quantitative estimate of drug-likeness (QED) is 0.218. The van der Waals surface area contributed by atoms with Crippen molar-refractivity contribution < 1.29 is 37.8 Å². The van der Waals surface area contributed by atoms with Gasteiger partial charge in [0.15, 0.2) is 11.6 Å². The lowest BCUT2D eigenvalue weighted by molar-refractivity contribution is -0.143. The number of carbonyl (C=O) groups excluding carboxylic acids is 4. The highest BCUT2D eigenvalue weighted by Crippen LogP contribution is 2.44. The molecule has 1 N–H and O–H groups in total. The second kappa shape index (κ2) is 15.2. The number of amides is 2. The zero-order valence-corrected chi connectivity index (χ0v) is 29.6. The summed E-state index contributed by atoms with van der Waals surface area (Å²) in [5.74, 6) is -2.91. The minimum Gasteiger partial charge on any atom is -0.497 e. The van der Waals surface area contributed by atoms with E-state index in [-0.39, 0.29) is 43.5 Å². The number of benzene rings is 3. The lowest BCUT2D eigenvalue weighted by Crippen LogP contribution is -2.55. The van der Waals surface area contributed by atoms with Gasteiger partial charge in [-0.15, -0.1) is 0 Å². The number of nitrogens with zero attached hydrogens (tertiary/aromatic N) is 1. The molecule has 10 heteroatoms.